The number of rotatable bonds is 6. The van der Waals surface area contributed by atoms with Crippen LogP contribution in [0.2, 0.25) is 0 Å². The molecule has 1 aliphatic heterocycles. The molecule has 3 aromatic rings. The molecule has 0 unspecified atom stereocenters. The first-order chi connectivity index (χ1) is 16.2. The Morgan fingerprint density at radius 3 is 2.61 bits per heavy atom. The number of nitrogens with one attached hydrogen (secondary N) is 1. The van der Waals surface area contributed by atoms with Gasteiger partial charge in [0.25, 0.3) is 0 Å². The van der Waals surface area contributed by atoms with E-state index in [1.165, 1.54) is 12.4 Å². The fourth-order valence-corrected chi connectivity index (χ4v) is 4.25. The number of nitrogens with zero attached hydrogens (tertiary/aromatic N) is 5. The molecule has 33 heavy (non-hydrogen) atoms. The molecule has 0 radical (unpaired) electrons. The van der Waals surface area contributed by atoms with Gasteiger partial charge in [-0.3, -0.25) is 4.98 Å². The smallest absolute Gasteiger partial charge is 0.338 e. The number of aromatic carboxylic acids is 1. The molecule has 172 valence electrons. The highest BCUT2D eigenvalue weighted by Gasteiger charge is 2.25. The zero-order chi connectivity index (χ0) is 22.6. The number of pyridine rings is 2. The molecule has 0 amide bonds. The minimum absolute atomic E-state index is 0.0641. The molecular weight excluding hydrogens is 424 g/mol. The number of fused-ring (bicyclic) bond motifs is 1. The van der Waals surface area contributed by atoms with Gasteiger partial charge in [0.1, 0.15) is 11.9 Å². The van der Waals surface area contributed by atoms with Crippen molar-refractivity contribution in [3.05, 3.63) is 42.4 Å². The molecule has 4 heterocycles. The summed E-state index contributed by atoms with van der Waals surface area (Å²) in [6, 6.07) is 6.14. The van der Waals surface area contributed by atoms with Crippen LogP contribution in [-0.2, 0) is 4.74 Å². The standard InChI is InChI=1S/C23H26N6O4/c30-22(31)15-13-25-23(26-14-15)27-16-3-5-17(6-4-16)33-21-18-2-1-7-24-19(18)12-20(28-21)29-8-10-32-11-9-29/h1-2,7,12-14,16-17H,3-6,8-11H2,(H,30,31)(H,25,26,27). The van der Waals surface area contributed by atoms with E-state index >= 15 is 0 Å². The van der Waals surface area contributed by atoms with Crippen molar-refractivity contribution in [1.29, 1.82) is 0 Å². The van der Waals surface area contributed by atoms with Gasteiger partial charge < -0.3 is 24.8 Å². The molecule has 10 heteroatoms. The van der Waals surface area contributed by atoms with Crippen molar-refractivity contribution in [2.24, 2.45) is 0 Å². The number of hydrogen-bond acceptors (Lipinski definition) is 9. The molecule has 3 aromatic heterocycles. The van der Waals surface area contributed by atoms with E-state index in [0.717, 1.165) is 55.5 Å². The van der Waals surface area contributed by atoms with E-state index in [9.17, 15) is 4.79 Å². The minimum atomic E-state index is -1.03. The fraction of sp³-hybridized carbons (Fsp3) is 0.435. The second kappa shape index (κ2) is 9.53. The lowest BCUT2D eigenvalue weighted by Crippen LogP contribution is -2.37. The number of carbonyl (C=O) groups is 1. The SMILES string of the molecule is O=C(O)c1cnc(NC2CCC(Oc3nc(N4CCOCC4)cc4ncccc34)CC2)nc1. The quantitative estimate of drug-likeness (QED) is 0.579. The van der Waals surface area contributed by atoms with Crippen LogP contribution in [-0.4, -0.2) is 69.5 Å². The van der Waals surface area contributed by atoms with Crippen molar-refractivity contribution in [1.82, 2.24) is 19.9 Å². The van der Waals surface area contributed by atoms with Crippen LogP contribution in [0, 0.1) is 0 Å². The lowest BCUT2D eigenvalue weighted by molar-refractivity contribution is 0.0696. The number of carboxylic acids is 1. The molecule has 0 atom stereocenters. The van der Waals surface area contributed by atoms with Crippen LogP contribution in [0.3, 0.4) is 0 Å². The first kappa shape index (κ1) is 21.3. The van der Waals surface area contributed by atoms with E-state index in [-0.39, 0.29) is 17.7 Å². The number of ether oxygens (including phenoxy) is 2. The van der Waals surface area contributed by atoms with Crippen LogP contribution in [0.1, 0.15) is 36.0 Å². The van der Waals surface area contributed by atoms with E-state index in [1.807, 2.05) is 18.2 Å². The number of aromatic nitrogens is 4. The summed E-state index contributed by atoms with van der Waals surface area (Å²) in [5.74, 6) is 0.914. The van der Waals surface area contributed by atoms with E-state index < -0.39 is 5.97 Å². The Morgan fingerprint density at radius 1 is 1.12 bits per heavy atom. The largest absolute Gasteiger partial charge is 0.478 e. The Labute approximate surface area is 191 Å². The van der Waals surface area contributed by atoms with Gasteiger partial charge in [0.05, 0.1) is 29.7 Å². The summed E-state index contributed by atoms with van der Waals surface area (Å²) in [5, 5.41) is 13.2. The van der Waals surface area contributed by atoms with Gasteiger partial charge in [0, 0.05) is 43.8 Å². The fourth-order valence-electron chi connectivity index (χ4n) is 4.25. The first-order valence-corrected chi connectivity index (χ1v) is 11.2. The van der Waals surface area contributed by atoms with Crippen molar-refractivity contribution in [3.8, 4) is 5.88 Å². The molecule has 0 aromatic carbocycles. The van der Waals surface area contributed by atoms with Gasteiger partial charge in [-0.1, -0.05) is 0 Å². The molecule has 0 bridgehead atoms. The maximum Gasteiger partial charge on any atom is 0.338 e. The molecular formula is C23H26N6O4. The van der Waals surface area contributed by atoms with Crippen molar-refractivity contribution in [3.63, 3.8) is 0 Å². The summed E-state index contributed by atoms with van der Waals surface area (Å²) in [5.41, 5.74) is 0.951. The van der Waals surface area contributed by atoms with Gasteiger partial charge >= 0.3 is 5.97 Å². The van der Waals surface area contributed by atoms with Gasteiger partial charge in [-0.05, 0) is 37.8 Å². The summed E-state index contributed by atoms with van der Waals surface area (Å²) < 4.78 is 11.9. The lowest BCUT2D eigenvalue weighted by Gasteiger charge is -2.31. The normalized spacial score (nSPS) is 21.0. The average Bonchev–Trinajstić information content (AvgIpc) is 2.86. The highest BCUT2D eigenvalue weighted by atomic mass is 16.5. The minimum Gasteiger partial charge on any atom is -0.478 e. The predicted molar refractivity (Wildman–Crippen MR) is 122 cm³/mol. The monoisotopic (exact) mass is 450 g/mol. The van der Waals surface area contributed by atoms with Crippen LogP contribution >= 0.6 is 0 Å². The molecule has 2 aliphatic rings. The third-order valence-electron chi connectivity index (χ3n) is 6.07. The predicted octanol–water partition coefficient (Wildman–Crippen LogP) is 2.76. The first-order valence-electron chi connectivity index (χ1n) is 11.2. The number of morpholine rings is 1. The topological polar surface area (TPSA) is 123 Å². The summed E-state index contributed by atoms with van der Waals surface area (Å²) >= 11 is 0. The Morgan fingerprint density at radius 2 is 1.88 bits per heavy atom. The van der Waals surface area contributed by atoms with E-state index in [1.54, 1.807) is 6.20 Å². The number of hydrogen-bond donors (Lipinski definition) is 2. The van der Waals surface area contributed by atoms with E-state index in [4.69, 9.17) is 19.6 Å². The van der Waals surface area contributed by atoms with Crippen LogP contribution in [0.4, 0.5) is 11.8 Å². The second-order valence-corrected chi connectivity index (χ2v) is 8.29. The van der Waals surface area contributed by atoms with Gasteiger partial charge in [-0.2, -0.15) is 4.98 Å². The summed E-state index contributed by atoms with van der Waals surface area (Å²) in [4.78, 5) is 30.7. The second-order valence-electron chi connectivity index (χ2n) is 8.29. The summed E-state index contributed by atoms with van der Waals surface area (Å²) in [6.45, 7) is 2.99. The van der Waals surface area contributed by atoms with Crippen LogP contribution in [0.15, 0.2) is 36.8 Å². The Bertz CT molecular complexity index is 1110. The molecule has 2 fully saturated rings. The van der Waals surface area contributed by atoms with Gasteiger partial charge in [0.2, 0.25) is 11.8 Å². The Balaban J connectivity index is 1.24. The van der Waals surface area contributed by atoms with Crippen LogP contribution in [0.5, 0.6) is 5.88 Å². The molecule has 10 nitrogen and oxygen atoms in total. The van der Waals surface area contributed by atoms with Crippen molar-refractivity contribution in [2.45, 2.75) is 37.8 Å². The van der Waals surface area contributed by atoms with Crippen molar-refractivity contribution < 1.29 is 19.4 Å². The molecule has 5 rings (SSSR count). The molecule has 0 spiro atoms. The van der Waals surface area contributed by atoms with E-state index in [2.05, 4.69) is 25.2 Å². The lowest BCUT2D eigenvalue weighted by atomic mass is 9.93. The van der Waals surface area contributed by atoms with Crippen LogP contribution < -0.4 is 15.0 Å². The van der Waals surface area contributed by atoms with Gasteiger partial charge in [-0.15, -0.1) is 0 Å². The summed E-state index contributed by atoms with van der Waals surface area (Å²) in [7, 11) is 0. The highest BCUT2D eigenvalue weighted by molar-refractivity contribution is 5.87. The van der Waals surface area contributed by atoms with Crippen LogP contribution in [0.25, 0.3) is 10.9 Å². The molecule has 2 N–H and O–H groups in total. The maximum atomic E-state index is 10.9. The van der Waals surface area contributed by atoms with E-state index in [0.29, 0.717) is 25.0 Å². The zero-order valence-electron chi connectivity index (χ0n) is 18.2. The van der Waals surface area contributed by atoms with Gasteiger partial charge in [-0.25, -0.2) is 14.8 Å². The van der Waals surface area contributed by atoms with Gasteiger partial charge in [0.15, 0.2) is 0 Å². The molecule has 1 saturated heterocycles. The Hall–Kier alpha value is -3.53. The highest BCUT2D eigenvalue weighted by Crippen LogP contribution is 2.31. The maximum absolute atomic E-state index is 10.9. The summed E-state index contributed by atoms with van der Waals surface area (Å²) in [6.07, 6.45) is 8.03. The third-order valence-corrected chi connectivity index (χ3v) is 6.07. The van der Waals surface area contributed by atoms with Crippen molar-refractivity contribution >= 4 is 28.6 Å². The molecule has 1 aliphatic carbocycles. The van der Waals surface area contributed by atoms with Crippen molar-refractivity contribution in [2.75, 3.05) is 36.5 Å². The molecule has 1 saturated carbocycles. The average molecular weight is 450 g/mol. The number of anilines is 2. The number of carboxylic acid groups (broad SMARTS) is 1. The third kappa shape index (κ3) is 4.95. The Kier molecular flexibility index (Phi) is 6.16. The zero-order valence-corrected chi connectivity index (χ0v) is 18.2.